The van der Waals surface area contributed by atoms with E-state index in [-0.39, 0.29) is 23.0 Å². The first-order valence-corrected chi connectivity index (χ1v) is 11.0. The molecular formula is C21H31N3O3S. The fraction of sp³-hybridized carbons (Fsp3) is 0.476. The molecule has 0 radical (unpaired) electrons. The Bertz CT molecular complexity index is 857. The third-order valence-corrected chi connectivity index (χ3v) is 6.68. The van der Waals surface area contributed by atoms with Gasteiger partial charge < -0.3 is 10.1 Å². The van der Waals surface area contributed by atoms with E-state index in [2.05, 4.69) is 17.2 Å². The Morgan fingerprint density at radius 1 is 1.04 bits per heavy atom. The fourth-order valence-corrected chi connectivity index (χ4v) is 5.18. The van der Waals surface area contributed by atoms with Crippen LogP contribution in [0.4, 0.5) is 5.82 Å². The van der Waals surface area contributed by atoms with Gasteiger partial charge in [0.2, 0.25) is 10.0 Å². The number of benzene rings is 1. The number of anilines is 1. The van der Waals surface area contributed by atoms with Gasteiger partial charge in [-0.3, -0.25) is 0 Å². The van der Waals surface area contributed by atoms with Gasteiger partial charge in [0.25, 0.3) is 0 Å². The van der Waals surface area contributed by atoms with Crippen LogP contribution in [0.15, 0.2) is 47.5 Å². The van der Waals surface area contributed by atoms with Gasteiger partial charge >= 0.3 is 0 Å². The number of ether oxygens (including phenoxy) is 1. The summed E-state index contributed by atoms with van der Waals surface area (Å²) < 4.78 is 32.7. The number of nitrogens with zero attached hydrogens (tertiary/aromatic N) is 2. The predicted octanol–water partition coefficient (Wildman–Crippen LogP) is 3.94. The Kier molecular flexibility index (Phi) is 7.43. The van der Waals surface area contributed by atoms with Gasteiger partial charge in [0, 0.05) is 24.3 Å². The molecule has 28 heavy (non-hydrogen) atoms. The molecule has 2 rings (SSSR count). The van der Waals surface area contributed by atoms with Crippen molar-refractivity contribution in [2.75, 3.05) is 12.4 Å². The van der Waals surface area contributed by atoms with Crippen molar-refractivity contribution in [3.63, 3.8) is 0 Å². The first-order chi connectivity index (χ1) is 13.2. The van der Waals surface area contributed by atoms with E-state index in [9.17, 15) is 8.42 Å². The van der Waals surface area contributed by atoms with Gasteiger partial charge in [-0.2, -0.15) is 4.31 Å². The normalized spacial score (nSPS) is 13.2. The maximum atomic E-state index is 12.9. The molecule has 0 unspecified atom stereocenters. The van der Waals surface area contributed by atoms with Crippen molar-refractivity contribution < 1.29 is 13.2 Å². The van der Waals surface area contributed by atoms with Gasteiger partial charge in [-0.15, -0.1) is 0 Å². The molecule has 0 saturated carbocycles. The van der Waals surface area contributed by atoms with Crippen LogP contribution in [0, 0.1) is 0 Å². The van der Waals surface area contributed by atoms with Crippen LogP contribution in [-0.2, 0) is 16.4 Å². The third-order valence-electron chi connectivity index (χ3n) is 4.44. The standard InChI is InChI=1S/C21H31N3O3S/c1-15(2)24(16(3)4)28(25,26)19-11-12-21(22-14-19)23-17(5)13-18-9-7-8-10-20(18)27-6/h7-12,14-17H,13H2,1-6H3,(H,22,23)/t17-/m0/s1. The molecule has 0 saturated heterocycles. The quantitative estimate of drug-likeness (QED) is 0.684. The predicted molar refractivity (Wildman–Crippen MR) is 113 cm³/mol. The molecule has 7 heteroatoms. The van der Waals surface area contributed by atoms with E-state index in [1.807, 2.05) is 52.0 Å². The number of sulfonamides is 1. The SMILES string of the molecule is COc1ccccc1C[C@H](C)Nc1ccc(S(=O)(=O)N(C(C)C)C(C)C)cn1. The van der Waals surface area contributed by atoms with Gasteiger partial charge in [0.1, 0.15) is 16.5 Å². The van der Waals surface area contributed by atoms with E-state index in [1.54, 1.807) is 19.2 Å². The number of aromatic nitrogens is 1. The topological polar surface area (TPSA) is 71.5 Å². The molecule has 0 aliphatic rings. The molecule has 1 atom stereocenters. The van der Waals surface area contributed by atoms with Crippen molar-refractivity contribution >= 4 is 15.8 Å². The number of hydrogen-bond acceptors (Lipinski definition) is 5. The van der Waals surface area contributed by atoms with Gasteiger partial charge in [-0.1, -0.05) is 18.2 Å². The minimum absolute atomic E-state index is 0.106. The molecule has 1 heterocycles. The maximum absolute atomic E-state index is 12.9. The fourth-order valence-electron chi connectivity index (χ4n) is 3.40. The molecule has 1 aromatic heterocycles. The van der Waals surface area contributed by atoms with Crippen molar-refractivity contribution in [2.45, 2.75) is 64.1 Å². The van der Waals surface area contributed by atoms with Crippen LogP contribution in [0.1, 0.15) is 40.2 Å². The lowest BCUT2D eigenvalue weighted by molar-refractivity contribution is 0.302. The molecule has 1 aromatic carbocycles. The average molecular weight is 406 g/mol. The van der Waals surface area contributed by atoms with Crippen molar-refractivity contribution in [1.29, 1.82) is 0 Å². The van der Waals surface area contributed by atoms with Crippen LogP contribution in [-0.4, -0.2) is 42.9 Å². The summed E-state index contributed by atoms with van der Waals surface area (Å²) in [6.07, 6.45) is 2.19. The Morgan fingerprint density at radius 2 is 1.68 bits per heavy atom. The van der Waals surface area contributed by atoms with Crippen LogP contribution in [0.25, 0.3) is 0 Å². The zero-order chi connectivity index (χ0) is 20.9. The summed E-state index contributed by atoms with van der Waals surface area (Å²) in [5.74, 6) is 1.50. The van der Waals surface area contributed by atoms with Gasteiger partial charge in [-0.25, -0.2) is 13.4 Å². The molecule has 0 bridgehead atoms. The first-order valence-electron chi connectivity index (χ1n) is 9.54. The summed E-state index contributed by atoms with van der Waals surface area (Å²) in [6, 6.07) is 11.1. The zero-order valence-electron chi connectivity index (χ0n) is 17.5. The molecule has 6 nitrogen and oxygen atoms in total. The minimum Gasteiger partial charge on any atom is -0.496 e. The molecule has 2 aromatic rings. The maximum Gasteiger partial charge on any atom is 0.245 e. The van der Waals surface area contributed by atoms with Crippen LogP contribution < -0.4 is 10.1 Å². The van der Waals surface area contributed by atoms with Crippen LogP contribution in [0.3, 0.4) is 0 Å². The zero-order valence-corrected chi connectivity index (χ0v) is 18.3. The van der Waals surface area contributed by atoms with Crippen LogP contribution >= 0.6 is 0 Å². The largest absolute Gasteiger partial charge is 0.496 e. The lowest BCUT2D eigenvalue weighted by Crippen LogP contribution is -2.41. The Morgan fingerprint density at radius 3 is 2.21 bits per heavy atom. The number of para-hydroxylation sites is 1. The van der Waals surface area contributed by atoms with E-state index in [4.69, 9.17) is 4.74 Å². The number of pyridine rings is 1. The summed E-state index contributed by atoms with van der Waals surface area (Å²) in [5, 5.41) is 3.32. The van der Waals surface area contributed by atoms with E-state index in [0.29, 0.717) is 5.82 Å². The first kappa shape index (κ1) is 22.2. The monoisotopic (exact) mass is 405 g/mol. The van der Waals surface area contributed by atoms with E-state index in [0.717, 1.165) is 17.7 Å². The van der Waals surface area contributed by atoms with Crippen LogP contribution in [0.2, 0.25) is 0 Å². The molecule has 154 valence electrons. The Labute approximate surface area is 169 Å². The van der Waals surface area contributed by atoms with Crippen molar-refractivity contribution in [2.24, 2.45) is 0 Å². The second-order valence-electron chi connectivity index (χ2n) is 7.46. The number of rotatable bonds is 9. The molecular weight excluding hydrogens is 374 g/mol. The molecule has 0 amide bonds. The molecule has 0 aliphatic carbocycles. The summed E-state index contributed by atoms with van der Waals surface area (Å²) in [4.78, 5) is 4.53. The minimum atomic E-state index is -3.58. The molecule has 0 spiro atoms. The number of methoxy groups -OCH3 is 1. The second-order valence-corrected chi connectivity index (χ2v) is 9.31. The summed E-state index contributed by atoms with van der Waals surface area (Å²) in [6.45, 7) is 9.56. The average Bonchev–Trinajstić information content (AvgIpc) is 2.61. The molecule has 0 fully saturated rings. The summed E-state index contributed by atoms with van der Waals surface area (Å²) in [5.41, 5.74) is 1.11. The number of nitrogens with one attached hydrogen (secondary N) is 1. The Balaban J connectivity index is 2.12. The van der Waals surface area contributed by atoms with Gasteiger partial charge in [0.15, 0.2) is 0 Å². The summed E-state index contributed by atoms with van der Waals surface area (Å²) >= 11 is 0. The molecule has 1 N–H and O–H groups in total. The smallest absolute Gasteiger partial charge is 0.245 e. The van der Waals surface area contributed by atoms with Crippen LogP contribution in [0.5, 0.6) is 5.75 Å². The molecule has 0 aliphatic heterocycles. The van der Waals surface area contributed by atoms with Gasteiger partial charge in [0.05, 0.1) is 7.11 Å². The summed E-state index contributed by atoms with van der Waals surface area (Å²) in [7, 11) is -1.91. The third kappa shape index (κ3) is 5.23. The lowest BCUT2D eigenvalue weighted by atomic mass is 10.1. The second kappa shape index (κ2) is 9.39. The van der Waals surface area contributed by atoms with E-state index >= 15 is 0 Å². The highest BCUT2D eigenvalue weighted by Gasteiger charge is 2.29. The lowest BCUT2D eigenvalue weighted by Gasteiger charge is -2.29. The highest BCUT2D eigenvalue weighted by atomic mass is 32.2. The highest BCUT2D eigenvalue weighted by molar-refractivity contribution is 7.89. The van der Waals surface area contributed by atoms with Crippen molar-refractivity contribution in [1.82, 2.24) is 9.29 Å². The van der Waals surface area contributed by atoms with Gasteiger partial charge in [-0.05, 0) is 64.8 Å². The van der Waals surface area contributed by atoms with Crippen molar-refractivity contribution in [3.05, 3.63) is 48.2 Å². The van der Waals surface area contributed by atoms with E-state index < -0.39 is 10.0 Å². The van der Waals surface area contributed by atoms with Crippen molar-refractivity contribution in [3.8, 4) is 5.75 Å². The Hall–Kier alpha value is -2.12. The number of hydrogen-bond donors (Lipinski definition) is 1. The van der Waals surface area contributed by atoms with E-state index in [1.165, 1.54) is 10.5 Å². The highest BCUT2D eigenvalue weighted by Crippen LogP contribution is 2.23.